The van der Waals surface area contributed by atoms with Crippen molar-refractivity contribution in [2.75, 3.05) is 24.8 Å². The number of primary amides is 1. The Morgan fingerprint density at radius 3 is 2.50 bits per heavy atom. The Labute approximate surface area is 187 Å². The maximum Gasteiger partial charge on any atom is 0.271 e. The molecule has 1 fully saturated rings. The minimum absolute atomic E-state index is 0.0285. The first-order valence-corrected chi connectivity index (χ1v) is 10.7. The van der Waals surface area contributed by atoms with Crippen LogP contribution in [-0.2, 0) is 6.42 Å². The standard InChI is InChI=1S/C22H30N6O4/c1-4-16-20(25-12-5-8-14(29)9-6-12)28-21(18(27-16)19(23)30)26-13-7-10-15(22(31)24-2)17(11-13)32-3/h7,10-12,14,29H,4-6,8-9H2,1-3H3,(H2,23,30)(H,24,31)(H2,25,26,28). The van der Waals surface area contributed by atoms with Crippen LogP contribution in [-0.4, -0.2) is 53.2 Å². The van der Waals surface area contributed by atoms with Crippen LogP contribution in [0.25, 0.3) is 0 Å². The summed E-state index contributed by atoms with van der Waals surface area (Å²) < 4.78 is 5.33. The van der Waals surface area contributed by atoms with Gasteiger partial charge in [-0.15, -0.1) is 0 Å². The number of ether oxygens (including phenoxy) is 1. The van der Waals surface area contributed by atoms with Crippen LogP contribution in [0.4, 0.5) is 17.3 Å². The molecule has 0 spiro atoms. The highest BCUT2D eigenvalue weighted by molar-refractivity contribution is 5.98. The Kier molecular flexibility index (Phi) is 7.47. The van der Waals surface area contributed by atoms with E-state index in [1.54, 1.807) is 25.2 Å². The molecule has 2 amide bonds. The molecule has 1 heterocycles. The van der Waals surface area contributed by atoms with Crippen LogP contribution in [0.5, 0.6) is 5.75 Å². The van der Waals surface area contributed by atoms with E-state index in [1.165, 1.54) is 7.11 Å². The first kappa shape index (κ1) is 23.3. The van der Waals surface area contributed by atoms with E-state index in [0.29, 0.717) is 34.9 Å². The van der Waals surface area contributed by atoms with Gasteiger partial charge >= 0.3 is 0 Å². The number of nitrogens with zero attached hydrogens (tertiary/aromatic N) is 2. The normalized spacial score (nSPS) is 18.0. The van der Waals surface area contributed by atoms with Crippen LogP contribution >= 0.6 is 0 Å². The summed E-state index contributed by atoms with van der Waals surface area (Å²) in [5.41, 5.74) is 7.18. The number of carbonyl (C=O) groups is 2. The van der Waals surface area contributed by atoms with E-state index in [2.05, 4.69) is 25.9 Å². The number of rotatable bonds is 8. The second kappa shape index (κ2) is 10.3. The SMILES string of the molecule is CCc1nc(C(N)=O)c(Nc2ccc(C(=O)NC)c(OC)c2)nc1NC1CCC(O)CC1. The summed E-state index contributed by atoms with van der Waals surface area (Å²) in [7, 11) is 3.01. The fourth-order valence-electron chi connectivity index (χ4n) is 3.73. The third-order valence-corrected chi connectivity index (χ3v) is 5.51. The molecule has 0 atom stereocenters. The van der Waals surface area contributed by atoms with Crippen molar-refractivity contribution in [3.05, 3.63) is 35.2 Å². The van der Waals surface area contributed by atoms with Gasteiger partial charge in [-0.2, -0.15) is 0 Å². The van der Waals surface area contributed by atoms with Crippen molar-refractivity contribution in [3.63, 3.8) is 0 Å². The lowest BCUT2D eigenvalue weighted by molar-refractivity contribution is 0.0958. The average molecular weight is 443 g/mol. The molecule has 1 aliphatic rings. The Morgan fingerprint density at radius 1 is 1.19 bits per heavy atom. The van der Waals surface area contributed by atoms with Gasteiger partial charge in [-0.1, -0.05) is 6.92 Å². The molecule has 172 valence electrons. The van der Waals surface area contributed by atoms with E-state index in [4.69, 9.17) is 10.5 Å². The number of hydrogen-bond donors (Lipinski definition) is 5. The summed E-state index contributed by atoms with van der Waals surface area (Å²) in [6, 6.07) is 5.10. The van der Waals surface area contributed by atoms with Crippen LogP contribution in [0, 0.1) is 0 Å². The molecule has 1 aromatic carbocycles. The number of aryl methyl sites for hydroxylation is 1. The Hall–Kier alpha value is -3.40. The summed E-state index contributed by atoms with van der Waals surface area (Å²) in [5, 5.41) is 18.8. The zero-order valence-electron chi connectivity index (χ0n) is 18.6. The predicted octanol–water partition coefficient (Wildman–Crippen LogP) is 1.97. The molecular weight excluding hydrogens is 412 g/mol. The van der Waals surface area contributed by atoms with Gasteiger partial charge in [-0.3, -0.25) is 9.59 Å². The number of methoxy groups -OCH3 is 1. The third kappa shape index (κ3) is 5.25. The van der Waals surface area contributed by atoms with Crippen LogP contribution in [0.1, 0.15) is 59.1 Å². The lowest BCUT2D eigenvalue weighted by Crippen LogP contribution is -2.29. The molecule has 0 bridgehead atoms. The molecule has 0 radical (unpaired) electrons. The van der Waals surface area contributed by atoms with Crippen LogP contribution in [0.3, 0.4) is 0 Å². The van der Waals surface area contributed by atoms with Gasteiger partial charge in [0.05, 0.1) is 24.5 Å². The maximum atomic E-state index is 12.1. The zero-order chi connectivity index (χ0) is 23.3. The molecule has 0 saturated heterocycles. The van der Waals surface area contributed by atoms with Crippen molar-refractivity contribution in [3.8, 4) is 5.75 Å². The molecule has 3 rings (SSSR count). The number of carbonyl (C=O) groups excluding carboxylic acids is 2. The number of aliphatic hydroxyl groups excluding tert-OH is 1. The fourth-order valence-corrected chi connectivity index (χ4v) is 3.73. The largest absolute Gasteiger partial charge is 0.496 e. The van der Waals surface area contributed by atoms with Crippen molar-refractivity contribution < 1.29 is 19.4 Å². The molecule has 0 aliphatic heterocycles. The van der Waals surface area contributed by atoms with Gasteiger partial charge in [0.2, 0.25) is 0 Å². The lowest BCUT2D eigenvalue weighted by Gasteiger charge is -2.27. The summed E-state index contributed by atoms with van der Waals surface area (Å²) in [6.45, 7) is 1.93. The number of anilines is 3. The van der Waals surface area contributed by atoms with Gasteiger partial charge < -0.3 is 31.5 Å². The molecule has 10 heteroatoms. The smallest absolute Gasteiger partial charge is 0.271 e. The molecular formula is C22H30N6O4. The number of nitrogens with two attached hydrogens (primary N) is 1. The Morgan fingerprint density at radius 2 is 1.91 bits per heavy atom. The lowest BCUT2D eigenvalue weighted by atomic mass is 9.93. The van der Waals surface area contributed by atoms with Crippen LogP contribution in [0.15, 0.2) is 18.2 Å². The number of hydrogen-bond acceptors (Lipinski definition) is 8. The zero-order valence-corrected chi connectivity index (χ0v) is 18.6. The number of amides is 2. The summed E-state index contributed by atoms with van der Waals surface area (Å²) >= 11 is 0. The first-order valence-electron chi connectivity index (χ1n) is 10.7. The molecule has 1 aromatic heterocycles. The molecule has 32 heavy (non-hydrogen) atoms. The van der Waals surface area contributed by atoms with Crippen molar-refractivity contribution in [2.24, 2.45) is 5.73 Å². The van der Waals surface area contributed by atoms with Crippen molar-refractivity contribution in [1.29, 1.82) is 0 Å². The van der Waals surface area contributed by atoms with Gasteiger partial charge in [0.25, 0.3) is 11.8 Å². The van der Waals surface area contributed by atoms with Crippen molar-refractivity contribution in [2.45, 2.75) is 51.2 Å². The van der Waals surface area contributed by atoms with E-state index in [0.717, 1.165) is 25.7 Å². The molecule has 1 saturated carbocycles. The maximum absolute atomic E-state index is 12.1. The molecule has 0 unspecified atom stereocenters. The Bertz CT molecular complexity index is 989. The van der Waals surface area contributed by atoms with Crippen LogP contribution in [0.2, 0.25) is 0 Å². The minimum Gasteiger partial charge on any atom is -0.496 e. The van der Waals surface area contributed by atoms with Crippen molar-refractivity contribution >= 4 is 29.1 Å². The second-order valence-electron chi connectivity index (χ2n) is 7.70. The average Bonchev–Trinajstić information content (AvgIpc) is 2.79. The first-order chi connectivity index (χ1) is 15.4. The number of aromatic nitrogens is 2. The quantitative estimate of drug-likeness (QED) is 0.416. The topological polar surface area (TPSA) is 151 Å². The van der Waals surface area contributed by atoms with E-state index in [1.807, 2.05) is 6.92 Å². The highest BCUT2D eigenvalue weighted by Gasteiger charge is 2.23. The van der Waals surface area contributed by atoms with Gasteiger partial charge in [0.1, 0.15) is 11.6 Å². The van der Waals surface area contributed by atoms with Gasteiger partial charge in [-0.05, 0) is 44.2 Å². The number of benzene rings is 1. The highest BCUT2D eigenvalue weighted by Crippen LogP contribution is 2.29. The Balaban J connectivity index is 1.94. The van der Waals surface area contributed by atoms with Crippen molar-refractivity contribution in [1.82, 2.24) is 15.3 Å². The monoisotopic (exact) mass is 442 g/mol. The molecule has 6 N–H and O–H groups in total. The number of nitrogens with one attached hydrogen (secondary N) is 3. The molecule has 10 nitrogen and oxygen atoms in total. The fraction of sp³-hybridized carbons (Fsp3) is 0.455. The van der Waals surface area contributed by atoms with Gasteiger partial charge in [-0.25, -0.2) is 9.97 Å². The third-order valence-electron chi connectivity index (χ3n) is 5.51. The summed E-state index contributed by atoms with van der Waals surface area (Å²) in [4.78, 5) is 33.2. The highest BCUT2D eigenvalue weighted by atomic mass is 16.5. The van der Waals surface area contributed by atoms with E-state index in [9.17, 15) is 14.7 Å². The summed E-state index contributed by atoms with van der Waals surface area (Å²) in [5.74, 6) is 0.184. The molecule has 2 aromatic rings. The number of aliphatic hydroxyl groups is 1. The van der Waals surface area contributed by atoms with Gasteiger partial charge in [0.15, 0.2) is 11.5 Å². The van der Waals surface area contributed by atoms with E-state index < -0.39 is 5.91 Å². The van der Waals surface area contributed by atoms with E-state index >= 15 is 0 Å². The summed E-state index contributed by atoms with van der Waals surface area (Å²) in [6.07, 6.45) is 3.42. The van der Waals surface area contributed by atoms with Crippen LogP contribution < -0.4 is 26.4 Å². The second-order valence-corrected chi connectivity index (χ2v) is 7.70. The van der Waals surface area contributed by atoms with E-state index in [-0.39, 0.29) is 29.6 Å². The minimum atomic E-state index is -0.698. The molecule has 1 aliphatic carbocycles. The predicted molar refractivity (Wildman–Crippen MR) is 121 cm³/mol. The van der Waals surface area contributed by atoms with Gasteiger partial charge in [0, 0.05) is 24.8 Å².